The Morgan fingerprint density at radius 3 is 2.54 bits per heavy atom. The number of halogens is 3. The number of nitrogens with zero attached hydrogens (tertiary/aromatic N) is 1. The van der Waals surface area contributed by atoms with Gasteiger partial charge in [0.1, 0.15) is 28.6 Å². The van der Waals surface area contributed by atoms with Gasteiger partial charge in [0.05, 0.1) is 0 Å². The van der Waals surface area contributed by atoms with Crippen molar-refractivity contribution < 1.29 is 26.8 Å². The molecule has 0 unspecified atom stereocenters. The van der Waals surface area contributed by atoms with Gasteiger partial charge in [0.2, 0.25) is 21.8 Å². The first kappa shape index (κ1) is 27.0. The third-order valence-electron chi connectivity index (χ3n) is 5.89. The molecule has 1 aliphatic heterocycles. The standard InChI is InChI=1S/C24H28ClF2N3O4S/c1-15(2)22(29-35(33,34)21-10-9-17(26)14-19(21)27)24(32)30-13-5-8-20(30)23(31)28-12-11-16-6-3-4-7-18(16)25/h3-4,6-7,9-10,14-15,20,22,29H,5,8,11-13H2,1-2H3,(H,28,31)/t20-,22-/m0/s1. The first-order chi connectivity index (χ1) is 16.5. The summed E-state index contributed by atoms with van der Waals surface area (Å²) in [4.78, 5) is 26.8. The average molecular weight is 528 g/mol. The van der Waals surface area contributed by atoms with Crippen molar-refractivity contribution in [2.45, 2.75) is 50.1 Å². The van der Waals surface area contributed by atoms with Crippen molar-refractivity contribution in [1.29, 1.82) is 0 Å². The predicted molar refractivity (Wildman–Crippen MR) is 128 cm³/mol. The van der Waals surface area contributed by atoms with Crippen LogP contribution in [0.2, 0.25) is 5.02 Å². The molecule has 1 fully saturated rings. The largest absolute Gasteiger partial charge is 0.354 e. The van der Waals surface area contributed by atoms with Crippen molar-refractivity contribution in [3.63, 3.8) is 0 Å². The smallest absolute Gasteiger partial charge is 0.244 e. The van der Waals surface area contributed by atoms with Crippen LogP contribution >= 0.6 is 11.6 Å². The average Bonchev–Trinajstić information content (AvgIpc) is 3.28. The molecule has 2 N–H and O–H groups in total. The second-order valence-corrected chi connectivity index (χ2v) is 10.8. The number of carbonyl (C=O) groups is 2. The van der Waals surface area contributed by atoms with Gasteiger partial charge in [-0.3, -0.25) is 9.59 Å². The van der Waals surface area contributed by atoms with Crippen molar-refractivity contribution in [2.24, 2.45) is 5.92 Å². The van der Waals surface area contributed by atoms with Crippen LogP contribution in [-0.2, 0) is 26.0 Å². The van der Waals surface area contributed by atoms with Crippen molar-refractivity contribution >= 4 is 33.4 Å². The van der Waals surface area contributed by atoms with Gasteiger partial charge in [-0.2, -0.15) is 4.72 Å². The Bertz CT molecular complexity index is 1190. The van der Waals surface area contributed by atoms with Crippen LogP contribution in [0.15, 0.2) is 47.4 Å². The summed E-state index contributed by atoms with van der Waals surface area (Å²) in [5, 5.41) is 3.43. The molecule has 0 bridgehead atoms. The van der Waals surface area contributed by atoms with Crippen LogP contribution in [0.25, 0.3) is 0 Å². The highest BCUT2D eigenvalue weighted by molar-refractivity contribution is 7.89. The fourth-order valence-electron chi connectivity index (χ4n) is 4.02. The zero-order valence-electron chi connectivity index (χ0n) is 19.4. The van der Waals surface area contributed by atoms with E-state index >= 15 is 0 Å². The third-order valence-corrected chi connectivity index (χ3v) is 7.73. The molecule has 1 aliphatic rings. The topological polar surface area (TPSA) is 95.6 Å². The molecule has 1 saturated heterocycles. The van der Waals surface area contributed by atoms with E-state index < -0.39 is 50.5 Å². The number of carbonyl (C=O) groups excluding carboxylic acids is 2. The maximum absolute atomic E-state index is 14.1. The molecule has 2 amide bonds. The lowest BCUT2D eigenvalue weighted by Gasteiger charge is -2.30. The molecule has 11 heteroatoms. The molecule has 35 heavy (non-hydrogen) atoms. The molecule has 0 saturated carbocycles. The fraction of sp³-hybridized carbons (Fsp3) is 0.417. The Morgan fingerprint density at radius 1 is 1.17 bits per heavy atom. The van der Waals surface area contributed by atoms with Gasteiger partial charge in [-0.15, -0.1) is 0 Å². The summed E-state index contributed by atoms with van der Waals surface area (Å²) in [5.74, 6) is -3.58. The maximum Gasteiger partial charge on any atom is 0.244 e. The first-order valence-corrected chi connectivity index (χ1v) is 13.2. The van der Waals surface area contributed by atoms with E-state index in [1.165, 1.54) is 4.90 Å². The number of hydrogen-bond donors (Lipinski definition) is 2. The van der Waals surface area contributed by atoms with Gasteiger partial charge < -0.3 is 10.2 Å². The van der Waals surface area contributed by atoms with Gasteiger partial charge in [0.15, 0.2) is 0 Å². The fourth-order valence-corrected chi connectivity index (χ4v) is 5.64. The van der Waals surface area contributed by atoms with Crippen LogP contribution < -0.4 is 10.0 Å². The number of benzene rings is 2. The van der Waals surface area contributed by atoms with Crippen LogP contribution in [0.5, 0.6) is 0 Å². The van der Waals surface area contributed by atoms with Gasteiger partial charge >= 0.3 is 0 Å². The summed E-state index contributed by atoms with van der Waals surface area (Å²) < 4.78 is 55.2. The van der Waals surface area contributed by atoms with Crippen molar-refractivity contribution in [3.05, 3.63) is 64.7 Å². The SMILES string of the molecule is CC(C)[C@H](NS(=O)(=O)c1ccc(F)cc1F)C(=O)N1CCC[C@H]1C(=O)NCCc1ccccc1Cl. The Hall–Kier alpha value is -2.56. The molecular weight excluding hydrogens is 500 g/mol. The summed E-state index contributed by atoms with van der Waals surface area (Å²) in [6.07, 6.45) is 1.54. The molecular formula is C24H28ClF2N3O4S. The van der Waals surface area contributed by atoms with Gasteiger partial charge in [-0.1, -0.05) is 43.6 Å². The van der Waals surface area contributed by atoms with E-state index in [1.807, 2.05) is 18.2 Å². The molecule has 0 aromatic heterocycles. The first-order valence-electron chi connectivity index (χ1n) is 11.3. The Labute approximate surface area is 208 Å². The Morgan fingerprint density at radius 2 is 1.89 bits per heavy atom. The number of likely N-dealkylation sites (tertiary alicyclic amines) is 1. The summed E-state index contributed by atoms with van der Waals surface area (Å²) in [6.45, 7) is 3.89. The van der Waals surface area contributed by atoms with Gasteiger partial charge in [-0.25, -0.2) is 17.2 Å². The zero-order valence-corrected chi connectivity index (χ0v) is 21.0. The lowest BCUT2D eigenvalue weighted by molar-refractivity contribution is -0.140. The Kier molecular flexibility index (Phi) is 8.84. The second kappa shape index (κ2) is 11.5. The molecule has 3 rings (SSSR count). The van der Waals surface area contributed by atoms with E-state index in [4.69, 9.17) is 11.6 Å². The summed E-state index contributed by atoms with van der Waals surface area (Å²) >= 11 is 6.15. The lowest BCUT2D eigenvalue weighted by Crippen LogP contribution is -2.55. The predicted octanol–water partition coefficient (Wildman–Crippen LogP) is 3.27. The minimum absolute atomic E-state index is 0.289. The molecule has 0 spiro atoms. The maximum atomic E-state index is 14.1. The van der Waals surface area contributed by atoms with Crippen LogP contribution in [0.4, 0.5) is 8.78 Å². The molecule has 2 aromatic carbocycles. The third kappa shape index (κ3) is 6.56. The van der Waals surface area contributed by atoms with E-state index in [9.17, 15) is 26.8 Å². The highest BCUT2D eigenvalue weighted by atomic mass is 35.5. The van der Waals surface area contributed by atoms with Crippen LogP contribution in [-0.4, -0.2) is 50.3 Å². The molecule has 7 nitrogen and oxygen atoms in total. The monoisotopic (exact) mass is 527 g/mol. The number of hydrogen-bond acceptors (Lipinski definition) is 4. The van der Waals surface area contributed by atoms with Gasteiger partial charge in [0, 0.05) is 24.2 Å². The lowest BCUT2D eigenvalue weighted by atomic mass is 10.0. The molecule has 2 aromatic rings. The highest BCUT2D eigenvalue weighted by Gasteiger charge is 2.39. The quantitative estimate of drug-likeness (QED) is 0.523. The summed E-state index contributed by atoms with van der Waals surface area (Å²) in [5.41, 5.74) is 0.885. The van der Waals surface area contributed by atoms with Crippen molar-refractivity contribution in [1.82, 2.24) is 14.9 Å². The molecule has 0 aliphatic carbocycles. The molecule has 190 valence electrons. The van der Waals surface area contributed by atoms with E-state index in [0.29, 0.717) is 36.9 Å². The molecule has 2 atom stereocenters. The summed E-state index contributed by atoms with van der Waals surface area (Å²) in [6, 6.07) is 7.41. The van der Waals surface area contributed by atoms with Gasteiger partial charge in [-0.05, 0) is 48.9 Å². The van der Waals surface area contributed by atoms with Crippen molar-refractivity contribution in [2.75, 3.05) is 13.1 Å². The number of sulfonamides is 1. The minimum atomic E-state index is -4.47. The number of amides is 2. The second-order valence-electron chi connectivity index (χ2n) is 8.74. The molecule has 1 heterocycles. The number of rotatable bonds is 9. The van der Waals surface area contributed by atoms with E-state index in [-0.39, 0.29) is 12.5 Å². The van der Waals surface area contributed by atoms with Crippen molar-refractivity contribution in [3.8, 4) is 0 Å². The van der Waals surface area contributed by atoms with E-state index in [2.05, 4.69) is 10.0 Å². The molecule has 0 radical (unpaired) electrons. The van der Waals surface area contributed by atoms with Gasteiger partial charge in [0.25, 0.3) is 0 Å². The minimum Gasteiger partial charge on any atom is -0.354 e. The highest BCUT2D eigenvalue weighted by Crippen LogP contribution is 2.23. The number of nitrogens with one attached hydrogen (secondary N) is 2. The van der Waals surface area contributed by atoms with E-state index in [1.54, 1.807) is 19.9 Å². The van der Waals surface area contributed by atoms with Crippen LogP contribution in [0.1, 0.15) is 32.3 Å². The van der Waals surface area contributed by atoms with E-state index in [0.717, 1.165) is 17.7 Å². The van der Waals surface area contributed by atoms with Crippen LogP contribution in [0, 0.1) is 17.6 Å². The summed E-state index contributed by atoms with van der Waals surface area (Å²) in [7, 11) is -4.47. The van der Waals surface area contributed by atoms with Crippen LogP contribution in [0.3, 0.4) is 0 Å². The normalized spacial score (nSPS) is 17.0. The Balaban J connectivity index is 1.69. The zero-order chi connectivity index (χ0) is 25.8.